The molecule has 0 bridgehead atoms. The molecule has 0 aromatic rings. The number of hydrogen-bond acceptors (Lipinski definition) is 3. The zero-order valence-corrected chi connectivity index (χ0v) is 19.3. The molecule has 0 aliphatic heterocycles. The summed E-state index contributed by atoms with van der Waals surface area (Å²) in [5.74, 6) is 0. The van der Waals surface area contributed by atoms with Crippen LogP contribution >= 0.6 is 0 Å². The number of hydrogen-bond donors (Lipinski definition) is 0. The molecule has 0 spiro atoms. The van der Waals surface area contributed by atoms with Gasteiger partial charge in [0, 0.05) is 125 Å². The first kappa shape index (κ1) is 31.0. The fraction of sp³-hybridized carbons (Fsp3) is 0.875. The van der Waals surface area contributed by atoms with Gasteiger partial charge in [-0.25, -0.2) is 0 Å². The summed E-state index contributed by atoms with van der Waals surface area (Å²) in [6, 6.07) is 0. The minimum absolute atomic E-state index is 0. The summed E-state index contributed by atoms with van der Waals surface area (Å²) >= 11 is 0. The van der Waals surface area contributed by atoms with Crippen LogP contribution in [0, 0.1) is 6.61 Å². The molecule has 0 heterocycles. The van der Waals surface area contributed by atoms with Crippen LogP contribution in [-0.4, -0.2) is 26.1 Å². The molecule has 0 saturated heterocycles. The third kappa shape index (κ3) is 23.0. The molecule has 0 N–H and O–H groups in total. The van der Waals surface area contributed by atoms with E-state index in [4.69, 9.17) is 14.2 Å². The fourth-order valence-corrected chi connectivity index (χ4v) is 0.630. The SMILES string of the molecule is CCO[CH]C(OCC)OCC.[Zr].[Zr].[Zr].[Zr]. The van der Waals surface area contributed by atoms with E-state index >= 15 is 0 Å². The van der Waals surface area contributed by atoms with Crippen molar-refractivity contribution in [2.45, 2.75) is 27.1 Å². The van der Waals surface area contributed by atoms with Gasteiger partial charge in [0.05, 0.1) is 0 Å². The Labute approximate surface area is 170 Å². The first-order chi connectivity index (χ1) is 5.35. The van der Waals surface area contributed by atoms with Crippen LogP contribution in [0.25, 0.3) is 0 Å². The van der Waals surface area contributed by atoms with Gasteiger partial charge >= 0.3 is 0 Å². The molecule has 0 aromatic carbocycles. The Bertz CT molecular complexity index is 82.3. The van der Waals surface area contributed by atoms with E-state index in [1.165, 1.54) is 0 Å². The van der Waals surface area contributed by atoms with Gasteiger partial charge in [0.25, 0.3) is 0 Å². The molecule has 0 amide bonds. The van der Waals surface area contributed by atoms with Crippen molar-refractivity contribution >= 4 is 0 Å². The van der Waals surface area contributed by atoms with Gasteiger partial charge in [-0.05, 0) is 20.8 Å². The van der Waals surface area contributed by atoms with E-state index in [1.807, 2.05) is 20.8 Å². The zero-order chi connectivity index (χ0) is 8.53. The summed E-state index contributed by atoms with van der Waals surface area (Å²) in [4.78, 5) is 0. The normalized spacial score (nSPS) is 8.00. The van der Waals surface area contributed by atoms with Gasteiger partial charge in [-0.15, -0.1) is 0 Å². The van der Waals surface area contributed by atoms with Crippen LogP contribution in [0.5, 0.6) is 0 Å². The Balaban J connectivity index is -0.0000000833. The second-order valence-corrected chi connectivity index (χ2v) is 1.87. The molecule has 0 aromatic heterocycles. The molecule has 15 heavy (non-hydrogen) atoms. The molecule has 7 heteroatoms. The van der Waals surface area contributed by atoms with E-state index in [0.29, 0.717) is 19.8 Å². The molecule has 0 aliphatic carbocycles. The average Bonchev–Trinajstić information content (AvgIpc) is 2.01. The quantitative estimate of drug-likeness (QED) is 0.472. The van der Waals surface area contributed by atoms with Gasteiger partial charge in [-0.2, -0.15) is 0 Å². The molecule has 83 valence electrons. The molecule has 3 nitrogen and oxygen atoms in total. The third-order valence-electron chi connectivity index (χ3n) is 1.04. The van der Waals surface area contributed by atoms with Crippen molar-refractivity contribution < 1.29 is 119 Å². The molecule has 1 radical (unpaired) electrons. The standard InChI is InChI=1S/C8H17O3.4Zr/c1-4-9-7-8(10-5-2)11-6-3;;;;/h7-8H,4-6H2,1-3H3;;;;. The average molecular weight is 526 g/mol. The maximum atomic E-state index is 5.18. The molecule has 0 atom stereocenters. The van der Waals surface area contributed by atoms with Gasteiger partial charge < -0.3 is 14.2 Å². The molecule has 0 aliphatic rings. The van der Waals surface area contributed by atoms with E-state index in [9.17, 15) is 0 Å². The van der Waals surface area contributed by atoms with Crippen LogP contribution in [0.4, 0.5) is 0 Å². The summed E-state index contributed by atoms with van der Waals surface area (Å²) in [7, 11) is 0. The van der Waals surface area contributed by atoms with Gasteiger partial charge in [0.1, 0.15) is 6.61 Å². The van der Waals surface area contributed by atoms with E-state index in [1.54, 1.807) is 6.61 Å². The largest absolute Gasteiger partial charge is 0.370 e. The number of ether oxygens (including phenoxy) is 3. The number of rotatable bonds is 7. The molecule has 0 fully saturated rings. The Morgan fingerprint density at radius 1 is 0.800 bits per heavy atom. The first-order valence-electron chi connectivity index (χ1n) is 4.03. The summed E-state index contributed by atoms with van der Waals surface area (Å²) in [6.07, 6.45) is -0.315. The van der Waals surface area contributed by atoms with Crippen LogP contribution in [0.15, 0.2) is 0 Å². The van der Waals surface area contributed by atoms with Crippen LogP contribution in [-0.2, 0) is 119 Å². The minimum atomic E-state index is -0.315. The zero-order valence-electron chi connectivity index (χ0n) is 9.50. The topological polar surface area (TPSA) is 27.7 Å². The molecule has 0 unspecified atom stereocenters. The second kappa shape index (κ2) is 26.1. The van der Waals surface area contributed by atoms with Gasteiger partial charge in [-0.3, -0.25) is 0 Å². The van der Waals surface area contributed by atoms with E-state index in [2.05, 4.69) is 0 Å². The van der Waals surface area contributed by atoms with Crippen LogP contribution < -0.4 is 0 Å². The van der Waals surface area contributed by atoms with Crippen LogP contribution in [0.3, 0.4) is 0 Å². The van der Waals surface area contributed by atoms with Crippen LogP contribution in [0.1, 0.15) is 20.8 Å². The van der Waals surface area contributed by atoms with Crippen molar-refractivity contribution in [3.8, 4) is 0 Å². The smallest absolute Gasteiger partial charge is 0.186 e. The van der Waals surface area contributed by atoms with Gasteiger partial charge in [-0.1, -0.05) is 0 Å². The Hall–Kier alpha value is 3.41. The maximum Gasteiger partial charge on any atom is 0.186 e. The van der Waals surface area contributed by atoms with Gasteiger partial charge in [0.15, 0.2) is 6.29 Å². The summed E-state index contributed by atoms with van der Waals surface area (Å²) in [5, 5.41) is 0. The Kier molecular flexibility index (Phi) is 53.9. The summed E-state index contributed by atoms with van der Waals surface area (Å²) in [6.45, 7) is 9.26. The first-order valence-corrected chi connectivity index (χ1v) is 4.03. The van der Waals surface area contributed by atoms with Crippen molar-refractivity contribution in [3.63, 3.8) is 0 Å². The second-order valence-electron chi connectivity index (χ2n) is 1.87. The van der Waals surface area contributed by atoms with Crippen molar-refractivity contribution in [2.24, 2.45) is 0 Å². The van der Waals surface area contributed by atoms with Crippen LogP contribution in [0.2, 0.25) is 0 Å². The Morgan fingerprint density at radius 3 is 1.47 bits per heavy atom. The van der Waals surface area contributed by atoms with E-state index in [0.717, 1.165) is 0 Å². The molecule has 0 rings (SSSR count). The van der Waals surface area contributed by atoms with Crippen molar-refractivity contribution in [3.05, 3.63) is 6.61 Å². The molecule has 0 saturated carbocycles. The maximum absolute atomic E-state index is 5.18. The predicted octanol–water partition coefficient (Wildman–Crippen LogP) is 1.57. The Morgan fingerprint density at radius 2 is 1.20 bits per heavy atom. The fourth-order valence-electron chi connectivity index (χ4n) is 0.630. The summed E-state index contributed by atoms with van der Waals surface area (Å²) in [5.41, 5.74) is 0. The van der Waals surface area contributed by atoms with E-state index < -0.39 is 0 Å². The van der Waals surface area contributed by atoms with E-state index in [-0.39, 0.29) is 111 Å². The van der Waals surface area contributed by atoms with Crippen molar-refractivity contribution in [2.75, 3.05) is 19.8 Å². The van der Waals surface area contributed by atoms with Crippen molar-refractivity contribution in [1.82, 2.24) is 0 Å². The molecular weight excluding hydrogens is 509 g/mol. The third-order valence-corrected chi connectivity index (χ3v) is 1.04. The molecular formula is C8H17O3Zr4. The monoisotopic (exact) mass is 521 g/mol. The summed E-state index contributed by atoms with van der Waals surface area (Å²) < 4.78 is 15.4. The van der Waals surface area contributed by atoms with Crippen molar-refractivity contribution in [1.29, 1.82) is 0 Å². The minimum Gasteiger partial charge on any atom is -0.370 e. The van der Waals surface area contributed by atoms with Gasteiger partial charge in [0.2, 0.25) is 0 Å². The predicted molar refractivity (Wildman–Crippen MR) is 43.0 cm³/mol.